The van der Waals surface area contributed by atoms with Gasteiger partial charge in [-0.3, -0.25) is 4.79 Å². The summed E-state index contributed by atoms with van der Waals surface area (Å²) in [6.45, 7) is 0. The van der Waals surface area contributed by atoms with Crippen LogP contribution in [0.1, 0.15) is 0 Å². The Morgan fingerprint density at radius 2 is 1.78 bits per heavy atom. The summed E-state index contributed by atoms with van der Waals surface area (Å²) in [5.74, 6) is 0. The van der Waals surface area contributed by atoms with Gasteiger partial charge < -0.3 is 0 Å². The van der Waals surface area contributed by atoms with Crippen molar-refractivity contribution in [1.29, 1.82) is 0 Å². The highest BCUT2D eigenvalue weighted by Crippen LogP contribution is 2.24. The van der Waals surface area contributed by atoms with Gasteiger partial charge in [0.2, 0.25) is 0 Å². The van der Waals surface area contributed by atoms with Crippen molar-refractivity contribution in [3.05, 3.63) is 0 Å². The molecular weight excluding hydrogens is 163 g/mol. The zero-order chi connectivity index (χ0) is 7.65. The SMILES string of the molecule is O=C(Cl)[C@H](F)C(F)(F)F. The molecule has 0 aromatic heterocycles. The van der Waals surface area contributed by atoms with Crippen LogP contribution in [0, 0.1) is 0 Å². The molecule has 0 N–H and O–H groups in total. The normalized spacial score (nSPS) is 15.2. The quantitative estimate of drug-likeness (QED) is 0.425. The van der Waals surface area contributed by atoms with Crippen LogP contribution < -0.4 is 0 Å². The summed E-state index contributed by atoms with van der Waals surface area (Å²) < 4.78 is 44.5. The molecule has 0 saturated heterocycles. The number of carbonyl (C=O) groups excluding carboxylic acids is 1. The Morgan fingerprint density at radius 1 is 1.44 bits per heavy atom. The topological polar surface area (TPSA) is 17.1 Å². The molecule has 0 saturated carbocycles. The van der Waals surface area contributed by atoms with Crippen molar-refractivity contribution in [2.45, 2.75) is 12.3 Å². The van der Waals surface area contributed by atoms with Crippen molar-refractivity contribution in [2.75, 3.05) is 0 Å². The minimum absolute atomic E-state index is 2.04. The van der Waals surface area contributed by atoms with E-state index in [1.54, 1.807) is 0 Å². The fraction of sp³-hybridized carbons (Fsp3) is 0.667. The lowest BCUT2D eigenvalue weighted by atomic mass is 10.4. The fourth-order valence-corrected chi connectivity index (χ4v) is 0.252. The van der Waals surface area contributed by atoms with E-state index in [4.69, 9.17) is 0 Å². The molecule has 0 aromatic rings. The maximum absolute atomic E-state index is 11.4. The molecule has 54 valence electrons. The lowest BCUT2D eigenvalue weighted by Crippen LogP contribution is -2.29. The summed E-state index contributed by atoms with van der Waals surface area (Å²) >= 11 is 4.18. The second kappa shape index (κ2) is 2.51. The molecule has 0 radical (unpaired) electrons. The van der Waals surface area contributed by atoms with Crippen LogP contribution in [-0.2, 0) is 4.79 Å². The number of carbonyl (C=O) groups is 1. The van der Waals surface area contributed by atoms with Gasteiger partial charge in [0.25, 0.3) is 11.4 Å². The van der Waals surface area contributed by atoms with Gasteiger partial charge in [-0.1, -0.05) is 0 Å². The number of hydrogen-bond acceptors (Lipinski definition) is 1. The molecule has 0 fully saturated rings. The first-order valence-corrected chi connectivity index (χ1v) is 2.13. The zero-order valence-electron chi connectivity index (χ0n) is 3.88. The van der Waals surface area contributed by atoms with Crippen LogP contribution in [-0.4, -0.2) is 17.6 Å². The lowest BCUT2D eigenvalue weighted by molar-refractivity contribution is -0.181. The van der Waals surface area contributed by atoms with Crippen molar-refractivity contribution >= 4 is 16.8 Å². The predicted molar refractivity (Wildman–Crippen MR) is 21.8 cm³/mol. The highest BCUT2D eigenvalue weighted by molar-refractivity contribution is 6.64. The molecule has 0 amide bonds. The van der Waals surface area contributed by atoms with Gasteiger partial charge in [0.15, 0.2) is 0 Å². The van der Waals surface area contributed by atoms with E-state index in [9.17, 15) is 22.4 Å². The second-order valence-electron chi connectivity index (χ2n) is 1.21. The summed E-state index contributed by atoms with van der Waals surface area (Å²) in [7, 11) is 0. The van der Waals surface area contributed by atoms with Gasteiger partial charge in [-0.05, 0) is 11.6 Å². The van der Waals surface area contributed by atoms with E-state index in [-0.39, 0.29) is 0 Å². The first-order chi connectivity index (χ1) is 3.85. The average Bonchev–Trinajstić information content (AvgIpc) is 1.62. The van der Waals surface area contributed by atoms with E-state index >= 15 is 0 Å². The van der Waals surface area contributed by atoms with E-state index in [1.807, 2.05) is 0 Å². The zero-order valence-corrected chi connectivity index (χ0v) is 4.63. The Balaban J connectivity index is 4.04. The average molecular weight is 164 g/mol. The van der Waals surface area contributed by atoms with Gasteiger partial charge in [0.05, 0.1) is 0 Å². The summed E-state index contributed by atoms with van der Waals surface area (Å²) in [5, 5.41) is -2.04. The first-order valence-electron chi connectivity index (χ1n) is 1.76. The van der Waals surface area contributed by atoms with E-state index < -0.39 is 17.6 Å². The van der Waals surface area contributed by atoms with Gasteiger partial charge in [-0.15, -0.1) is 0 Å². The monoisotopic (exact) mass is 164 g/mol. The summed E-state index contributed by atoms with van der Waals surface area (Å²) in [5.41, 5.74) is 0. The molecule has 6 heteroatoms. The Morgan fingerprint density at radius 3 is 1.78 bits per heavy atom. The third-order valence-corrected chi connectivity index (χ3v) is 0.678. The largest absolute Gasteiger partial charge is 0.428 e. The summed E-state index contributed by atoms with van der Waals surface area (Å²) in [4.78, 5) is 9.46. The second-order valence-corrected chi connectivity index (χ2v) is 1.58. The lowest BCUT2D eigenvalue weighted by Gasteiger charge is -2.05. The van der Waals surface area contributed by atoms with Crippen molar-refractivity contribution in [2.24, 2.45) is 0 Å². The third kappa shape index (κ3) is 2.64. The Kier molecular flexibility index (Phi) is 2.42. The molecular formula is C3HClF4O. The molecule has 1 atom stereocenters. The number of hydrogen-bond donors (Lipinski definition) is 0. The molecule has 0 aliphatic carbocycles. The predicted octanol–water partition coefficient (Wildman–Crippen LogP) is 1.65. The first kappa shape index (κ1) is 8.68. The molecule has 0 aliphatic heterocycles. The Hall–Kier alpha value is -0.320. The highest BCUT2D eigenvalue weighted by Gasteiger charge is 2.44. The maximum atomic E-state index is 11.4. The van der Waals surface area contributed by atoms with Gasteiger partial charge in [0, 0.05) is 0 Å². The molecule has 0 aromatic carbocycles. The van der Waals surface area contributed by atoms with Crippen molar-refractivity contribution < 1.29 is 22.4 Å². The molecule has 0 rings (SSSR count). The molecule has 0 aliphatic rings. The maximum Gasteiger partial charge on any atom is 0.428 e. The van der Waals surface area contributed by atoms with Crippen LogP contribution in [0.25, 0.3) is 0 Å². The Bertz CT molecular complexity index is 119. The molecule has 0 bridgehead atoms. The summed E-state index contributed by atoms with van der Waals surface area (Å²) in [6.07, 6.45) is -8.72. The fourth-order valence-electron chi connectivity index (χ4n) is 0.129. The Labute approximate surface area is 52.6 Å². The van der Waals surface area contributed by atoms with Gasteiger partial charge in [-0.2, -0.15) is 13.2 Å². The van der Waals surface area contributed by atoms with E-state index in [1.165, 1.54) is 0 Å². The molecule has 9 heavy (non-hydrogen) atoms. The number of rotatable bonds is 1. The standard InChI is InChI=1S/C3HClF4O/c4-2(9)1(5)3(6,7)8/h1H/t1-/m0/s1. The van der Waals surface area contributed by atoms with Gasteiger partial charge in [0.1, 0.15) is 0 Å². The minimum Gasteiger partial charge on any atom is -0.278 e. The number of alkyl halides is 4. The van der Waals surface area contributed by atoms with Gasteiger partial charge in [-0.25, -0.2) is 4.39 Å². The van der Waals surface area contributed by atoms with Crippen LogP contribution in [0.15, 0.2) is 0 Å². The van der Waals surface area contributed by atoms with Crippen LogP contribution in [0.2, 0.25) is 0 Å². The van der Waals surface area contributed by atoms with E-state index in [0.717, 1.165) is 0 Å². The smallest absolute Gasteiger partial charge is 0.278 e. The summed E-state index contributed by atoms with van der Waals surface area (Å²) in [6, 6.07) is 0. The van der Waals surface area contributed by atoms with Crippen molar-refractivity contribution in [3.63, 3.8) is 0 Å². The highest BCUT2D eigenvalue weighted by atomic mass is 35.5. The van der Waals surface area contributed by atoms with Crippen LogP contribution in [0.4, 0.5) is 17.6 Å². The minimum atomic E-state index is -5.17. The molecule has 0 unspecified atom stereocenters. The van der Waals surface area contributed by atoms with Crippen LogP contribution in [0.5, 0.6) is 0 Å². The molecule has 1 nitrogen and oxygen atoms in total. The van der Waals surface area contributed by atoms with E-state index in [0.29, 0.717) is 0 Å². The van der Waals surface area contributed by atoms with Gasteiger partial charge >= 0.3 is 6.18 Å². The van der Waals surface area contributed by atoms with Crippen LogP contribution in [0.3, 0.4) is 0 Å². The van der Waals surface area contributed by atoms with E-state index in [2.05, 4.69) is 11.6 Å². The number of halogens is 5. The van der Waals surface area contributed by atoms with Crippen molar-refractivity contribution in [3.8, 4) is 0 Å². The molecule has 0 spiro atoms. The third-order valence-electron chi connectivity index (χ3n) is 0.487. The van der Waals surface area contributed by atoms with Crippen molar-refractivity contribution in [1.82, 2.24) is 0 Å². The molecule has 0 heterocycles. The van der Waals surface area contributed by atoms with Crippen LogP contribution >= 0.6 is 11.6 Å².